The summed E-state index contributed by atoms with van der Waals surface area (Å²) in [5, 5.41) is 7.75. The molecule has 2 aromatic rings. The number of carbonyl (C=O) groups is 2. The summed E-state index contributed by atoms with van der Waals surface area (Å²) in [6, 6.07) is 4.34. The molecule has 1 saturated carbocycles. The highest BCUT2D eigenvalue weighted by Crippen LogP contribution is 2.50. The van der Waals surface area contributed by atoms with Crippen LogP contribution >= 0.6 is 0 Å². The number of nitrogens with zero attached hydrogens (tertiary/aromatic N) is 1. The largest absolute Gasteiger partial charge is 0.487 e. The van der Waals surface area contributed by atoms with Crippen molar-refractivity contribution in [3.63, 3.8) is 0 Å². The van der Waals surface area contributed by atoms with Crippen molar-refractivity contribution in [1.82, 2.24) is 10.3 Å². The molecule has 0 spiro atoms. The molecule has 3 atom stereocenters. The number of anilines is 2. The van der Waals surface area contributed by atoms with Crippen LogP contribution < -0.4 is 20.7 Å². The number of rotatable bonds is 5. The fourth-order valence-corrected chi connectivity index (χ4v) is 4.21. The summed E-state index contributed by atoms with van der Waals surface area (Å²) in [5.41, 5.74) is 1.33. The van der Waals surface area contributed by atoms with Crippen LogP contribution in [0.3, 0.4) is 0 Å². The lowest BCUT2D eigenvalue weighted by molar-refractivity contribution is -0.116. The van der Waals surface area contributed by atoms with Gasteiger partial charge in [0.2, 0.25) is 5.91 Å². The first kappa shape index (κ1) is 22.6. The Morgan fingerprint density at radius 1 is 1.31 bits per heavy atom. The van der Waals surface area contributed by atoms with E-state index in [1.807, 2.05) is 0 Å². The third-order valence-corrected chi connectivity index (χ3v) is 6.05. The minimum absolute atomic E-state index is 0.0685. The van der Waals surface area contributed by atoms with E-state index in [0.717, 1.165) is 17.2 Å². The highest BCUT2D eigenvalue weighted by molar-refractivity contribution is 5.93. The molecule has 1 aromatic carbocycles. The molecule has 0 radical (unpaired) electrons. The SMILES string of the molecule is C=C1/C(=C\C=C(/C)Oc2ccnc3c2CCC(=O)N3)O[C@@H]2[C@@H](NC(=O)Nc3cccc(F)c3F)[C@H]12. The average Bonchev–Trinajstić information content (AvgIpc) is 3.38. The molecule has 180 valence electrons. The van der Waals surface area contributed by atoms with Crippen LogP contribution in [0.1, 0.15) is 18.9 Å². The smallest absolute Gasteiger partial charge is 0.319 e. The number of urea groups is 1. The van der Waals surface area contributed by atoms with Gasteiger partial charge in [-0.1, -0.05) is 12.6 Å². The zero-order valence-electron chi connectivity index (χ0n) is 18.7. The molecule has 0 unspecified atom stereocenters. The van der Waals surface area contributed by atoms with E-state index in [0.29, 0.717) is 35.9 Å². The Kier molecular flexibility index (Phi) is 5.72. The predicted octanol–water partition coefficient (Wildman–Crippen LogP) is 4.19. The molecule has 8 nitrogen and oxygen atoms in total. The van der Waals surface area contributed by atoms with Gasteiger partial charge in [0.1, 0.15) is 29.2 Å². The molecule has 10 heteroatoms. The summed E-state index contributed by atoms with van der Waals surface area (Å²) >= 11 is 0. The third-order valence-electron chi connectivity index (χ3n) is 6.05. The lowest BCUT2D eigenvalue weighted by Gasteiger charge is -2.18. The number of benzene rings is 1. The number of fused-ring (bicyclic) bond motifs is 2. The number of carbonyl (C=O) groups excluding carboxylic acids is 2. The second-order valence-corrected chi connectivity index (χ2v) is 8.45. The summed E-state index contributed by atoms with van der Waals surface area (Å²) in [7, 11) is 0. The Morgan fingerprint density at radius 2 is 2.14 bits per heavy atom. The zero-order chi connectivity index (χ0) is 24.7. The van der Waals surface area contributed by atoms with Gasteiger partial charge in [-0.25, -0.2) is 18.6 Å². The average molecular weight is 480 g/mol. The van der Waals surface area contributed by atoms with Crippen molar-refractivity contribution < 1.29 is 27.8 Å². The van der Waals surface area contributed by atoms with Crippen LogP contribution in [0.25, 0.3) is 0 Å². The highest BCUT2D eigenvalue weighted by atomic mass is 19.2. The fraction of sp³-hybridized carbons (Fsp3) is 0.240. The van der Waals surface area contributed by atoms with Crippen LogP contribution in [-0.4, -0.2) is 29.1 Å². The monoisotopic (exact) mass is 480 g/mol. The summed E-state index contributed by atoms with van der Waals surface area (Å²) < 4.78 is 38.9. The van der Waals surface area contributed by atoms with E-state index in [2.05, 4.69) is 27.5 Å². The molecule has 1 aliphatic carbocycles. The van der Waals surface area contributed by atoms with Crippen molar-refractivity contribution in [1.29, 1.82) is 0 Å². The number of allylic oxidation sites excluding steroid dienone is 4. The first-order valence-electron chi connectivity index (χ1n) is 11.0. The van der Waals surface area contributed by atoms with Crippen molar-refractivity contribution in [2.24, 2.45) is 5.92 Å². The molecule has 3 aliphatic rings. The van der Waals surface area contributed by atoms with Gasteiger partial charge in [0.25, 0.3) is 0 Å². The number of pyridine rings is 1. The first-order chi connectivity index (χ1) is 16.8. The summed E-state index contributed by atoms with van der Waals surface area (Å²) in [5.74, 6) is -0.00354. The van der Waals surface area contributed by atoms with E-state index in [9.17, 15) is 18.4 Å². The van der Waals surface area contributed by atoms with Crippen LogP contribution in [0.2, 0.25) is 0 Å². The highest BCUT2D eigenvalue weighted by Gasteiger charge is 2.60. The van der Waals surface area contributed by atoms with Gasteiger partial charge in [-0.15, -0.1) is 0 Å². The molecular weight excluding hydrogens is 458 g/mol. The lowest BCUT2D eigenvalue weighted by atomic mass is 10.1. The maximum absolute atomic E-state index is 13.7. The number of halogens is 2. The van der Waals surface area contributed by atoms with E-state index in [1.54, 1.807) is 31.3 Å². The molecular formula is C25H22F2N4O4. The molecule has 3 amide bonds. The number of ether oxygens (including phenoxy) is 2. The molecule has 3 heterocycles. The fourth-order valence-electron chi connectivity index (χ4n) is 4.21. The minimum atomic E-state index is -1.12. The third kappa shape index (κ3) is 4.46. The Labute approximate surface area is 199 Å². The Hall–Kier alpha value is -4.21. The lowest BCUT2D eigenvalue weighted by Crippen LogP contribution is -2.34. The van der Waals surface area contributed by atoms with Gasteiger partial charge in [0, 0.05) is 18.2 Å². The molecule has 1 aromatic heterocycles. The normalized spacial score (nSPS) is 23.7. The number of aromatic nitrogens is 1. The van der Waals surface area contributed by atoms with Gasteiger partial charge in [-0.05, 0) is 49.3 Å². The van der Waals surface area contributed by atoms with Gasteiger partial charge in [0.15, 0.2) is 11.6 Å². The van der Waals surface area contributed by atoms with Crippen LogP contribution in [0.5, 0.6) is 5.75 Å². The van der Waals surface area contributed by atoms with E-state index in [4.69, 9.17) is 9.47 Å². The van der Waals surface area contributed by atoms with Gasteiger partial charge in [0.05, 0.1) is 17.6 Å². The summed E-state index contributed by atoms with van der Waals surface area (Å²) in [6.07, 6.45) is 5.73. The second kappa shape index (κ2) is 8.86. The molecule has 1 saturated heterocycles. The summed E-state index contributed by atoms with van der Waals surface area (Å²) in [6.45, 7) is 5.85. The van der Waals surface area contributed by atoms with E-state index in [1.165, 1.54) is 12.1 Å². The molecule has 0 bridgehead atoms. The number of hydrogen-bond donors (Lipinski definition) is 3. The van der Waals surface area contributed by atoms with Crippen LogP contribution in [0.4, 0.5) is 25.1 Å². The molecule has 5 rings (SSSR count). The molecule has 35 heavy (non-hydrogen) atoms. The van der Waals surface area contributed by atoms with E-state index < -0.39 is 17.7 Å². The molecule has 3 N–H and O–H groups in total. The van der Waals surface area contributed by atoms with Gasteiger partial charge < -0.3 is 25.4 Å². The van der Waals surface area contributed by atoms with Gasteiger partial charge >= 0.3 is 6.03 Å². The first-order valence-corrected chi connectivity index (χ1v) is 11.0. The predicted molar refractivity (Wildman–Crippen MR) is 123 cm³/mol. The quantitative estimate of drug-likeness (QED) is 0.558. The Bertz CT molecular complexity index is 1310. The number of hydrogen-bond acceptors (Lipinski definition) is 5. The molecule has 2 fully saturated rings. The topological polar surface area (TPSA) is 102 Å². The van der Waals surface area contributed by atoms with Crippen LogP contribution in [0.15, 0.2) is 66.3 Å². The Morgan fingerprint density at radius 3 is 2.91 bits per heavy atom. The van der Waals surface area contributed by atoms with Crippen molar-refractivity contribution in [3.8, 4) is 5.75 Å². The van der Waals surface area contributed by atoms with Crippen molar-refractivity contribution in [3.05, 3.63) is 83.5 Å². The standard InChI is InChI=1S/C25H22F2N4O4/c1-12(34-18-10-11-28-24-14(18)7-9-19(32)30-24)6-8-17-13(2)20-22(23(20)35-17)31-25(33)29-16-5-3-4-15(26)21(16)27/h3-6,8,10-11,20,22-23H,2,7,9H2,1H3,(H,28,30,32)(H2,29,31,33)/b12-6+,17-8+/t20-,22-,23-/m0/s1. The zero-order valence-corrected chi connectivity index (χ0v) is 18.7. The van der Waals surface area contributed by atoms with Crippen molar-refractivity contribution in [2.45, 2.75) is 31.9 Å². The van der Waals surface area contributed by atoms with Gasteiger partial charge in [-0.2, -0.15) is 0 Å². The minimum Gasteiger partial charge on any atom is -0.487 e. The van der Waals surface area contributed by atoms with Crippen LogP contribution in [0, 0.1) is 17.6 Å². The van der Waals surface area contributed by atoms with Crippen molar-refractivity contribution in [2.75, 3.05) is 10.6 Å². The number of nitrogens with one attached hydrogen (secondary N) is 3. The second-order valence-electron chi connectivity index (χ2n) is 8.45. The van der Waals surface area contributed by atoms with Crippen molar-refractivity contribution >= 4 is 23.4 Å². The van der Waals surface area contributed by atoms with E-state index >= 15 is 0 Å². The maximum atomic E-state index is 13.7. The van der Waals surface area contributed by atoms with E-state index in [-0.39, 0.29) is 29.7 Å². The molecule has 2 aliphatic heterocycles. The number of amides is 3. The summed E-state index contributed by atoms with van der Waals surface area (Å²) in [4.78, 5) is 27.9. The maximum Gasteiger partial charge on any atom is 0.319 e. The van der Waals surface area contributed by atoms with Crippen LogP contribution in [-0.2, 0) is 16.0 Å². The van der Waals surface area contributed by atoms with Gasteiger partial charge in [-0.3, -0.25) is 4.79 Å². The Balaban J connectivity index is 1.17.